The van der Waals surface area contributed by atoms with E-state index in [-0.39, 0.29) is 34.8 Å². The number of carbonyl (C=O) groups is 1. The lowest BCUT2D eigenvalue weighted by Crippen LogP contribution is -2.69. The van der Waals surface area contributed by atoms with E-state index in [0.29, 0.717) is 38.5 Å². The molecule has 5 aliphatic heterocycles. The number of aliphatic hydroxyl groups is 17. The number of aliphatic hydroxyl groups excluding tert-OH is 17. The van der Waals surface area contributed by atoms with Crippen molar-refractivity contribution in [3.05, 3.63) is 23.3 Å². The Balaban J connectivity index is 0.900. The molecule has 5 heterocycles. The van der Waals surface area contributed by atoms with Gasteiger partial charge in [0.1, 0.15) is 110 Å². The van der Waals surface area contributed by atoms with Gasteiger partial charge in [-0.25, -0.2) is 4.79 Å². The molecule has 35 atom stereocenters. The predicted octanol–water partition coefficient (Wildman–Crippen LogP) is -3.25. The summed E-state index contributed by atoms with van der Waals surface area (Å²) in [6.45, 7) is 16.7. The van der Waals surface area contributed by atoms with Crippen LogP contribution in [0.25, 0.3) is 0 Å². The van der Waals surface area contributed by atoms with E-state index < -0.39 is 232 Å². The number of allylic oxidation sites excluding steroid dienone is 3. The highest BCUT2D eigenvalue weighted by Crippen LogP contribution is 2.76. The average Bonchev–Trinajstić information content (AvgIpc) is 0.674. The monoisotopic (exact) mass is 1350 g/mol. The minimum atomic E-state index is -1.92. The summed E-state index contributed by atoms with van der Waals surface area (Å²) in [6, 6.07) is 0. The standard InChI is InChI=1S/C65H106O29/c1-11-26(2)54(83)93-50-41(72)33(24-85-56-47(78)44(75)39(70)31(22-67)89-56)90-58(49(50)80)92-36-15-16-62(8)34(61(36,6)7)14-17-64(10)35(62)13-12-28-29-20-60(4,5)52(81)53(82)65(29,19-18-63(28,64)9)25-86-59-51(94-57-48(79)42(73)37(68)27(3)87-57)45(76)40(71)32(91-59)23-84-55-46(77)43(74)38(69)30(21-66)88-55/h11-12,27,29-53,55-59,66-82H,13-25H2,1-10H3/b26-11-/t27?,29?,30?,31?,32?,33?,34?,35?,36-,37-,38-,39-,40-,41-,42-,43-,44-,45-,46?,47?,48?,49?,50-,51?,52-,53-,55+,56+,57-,58-,59+,62-,63+,64+,65-/m0/s1. The summed E-state index contributed by atoms with van der Waals surface area (Å²) in [4.78, 5) is 13.3. The van der Waals surface area contributed by atoms with Crippen molar-refractivity contribution in [3.8, 4) is 0 Å². The van der Waals surface area contributed by atoms with Crippen LogP contribution in [0.15, 0.2) is 23.3 Å². The number of hydrogen-bond donors (Lipinski definition) is 17. The van der Waals surface area contributed by atoms with Gasteiger partial charge in [0.2, 0.25) is 0 Å². The first-order chi connectivity index (χ1) is 44.0. The highest BCUT2D eigenvalue weighted by molar-refractivity contribution is 5.87. The molecule has 0 aromatic heterocycles. The Morgan fingerprint density at radius 3 is 1.66 bits per heavy atom. The van der Waals surface area contributed by atoms with E-state index in [0.717, 1.165) is 18.4 Å². The van der Waals surface area contributed by atoms with Crippen LogP contribution in [0.4, 0.5) is 0 Å². The Morgan fingerprint density at radius 1 is 0.543 bits per heavy atom. The summed E-state index contributed by atoms with van der Waals surface area (Å²) in [5.41, 5.74) is -2.50. The molecule has 9 fully saturated rings. The molecule has 0 amide bonds. The van der Waals surface area contributed by atoms with Crippen LogP contribution in [0.2, 0.25) is 0 Å². The van der Waals surface area contributed by atoms with Crippen molar-refractivity contribution in [2.75, 3.05) is 33.0 Å². The summed E-state index contributed by atoms with van der Waals surface area (Å²) in [7, 11) is 0. The third-order valence-corrected chi connectivity index (χ3v) is 24.8. The van der Waals surface area contributed by atoms with Crippen LogP contribution in [0.5, 0.6) is 0 Å². The topological polar surface area (TPSA) is 463 Å². The third kappa shape index (κ3) is 12.8. The minimum Gasteiger partial charge on any atom is -0.453 e. The molecule has 0 aromatic rings. The molecule has 0 radical (unpaired) electrons. The first kappa shape index (κ1) is 74.6. The molecule has 0 aromatic carbocycles. The quantitative estimate of drug-likeness (QED) is 0.0294. The normalized spacial score (nSPS) is 52.7. The second kappa shape index (κ2) is 28.0. The Morgan fingerprint density at radius 2 is 1.07 bits per heavy atom. The molecule has 10 rings (SSSR count). The van der Waals surface area contributed by atoms with Gasteiger partial charge in [0.25, 0.3) is 0 Å². The molecule has 13 unspecified atom stereocenters. The van der Waals surface area contributed by atoms with Crippen molar-refractivity contribution < 1.29 is 144 Å². The highest BCUT2D eigenvalue weighted by atomic mass is 16.8. The third-order valence-electron chi connectivity index (χ3n) is 24.8. The molecule has 17 N–H and O–H groups in total. The van der Waals surface area contributed by atoms with Crippen molar-refractivity contribution in [1.29, 1.82) is 0 Å². The van der Waals surface area contributed by atoms with Crippen molar-refractivity contribution >= 4 is 5.97 Å². The number of carbonyl (C=O) groups excluding carboxylic acids is 1. The van der Waals surface area contributed by atoms with E-state index in [1.165, 1.54) is 19.9 Å². The first-order valence-corrected chi connectivity index (χ1v) is 33.4. The number of rotatable bonds is 17. The van der Waals surface area contributed by atoms with Crippen LogP contribution in [0, 0.1) is 50.2 Å². The van der Waals surface area contributed by atoms with Crippen LogP contribution < -0.4 is 0 Å². The summed E-state index contributed by atoms with van der Waals surface area (Å²) in [5, 5.41) is 187. The summed E-state index contributed by atoms with van der Waals surface area (Å²) in [5.74, 6) is -1.11. The molecular formula is C65H106O29. The van der Waals surface area contributed by atoms with Crippen molar-refractivity contribution in [2.45, 2.75) is 292 Å². The van der Waals surface area contributed by atoms with Gasteiger partial charge in [-0.05, 0) is 117 Å². The molecule has 0 bridgehead atoms. The molecule has 10 aliphatic rings. The van der Waals surface area contributed by atoms with Crippen molar-refractivity contribution in [1.82, 2.24) is 0 Å². The van der Waals surface area contributed by atoms with Crippen LogP contribution in [-0.4, -0.2) is 298 Å². The first-order valence-electron chi connectivity index (χ1n) is 33.4. The smallest absolute Gasteiger partial charge is 0.333 e. The van der Waals surface area contributed by atoms with E-state index in [4.69, 9.17) is 52.1 Å². The van der Waals surface area contributed by atoms with Crippen LogP contribution in [-0.2, 0) is 56.9 Å². The summed E-state index contributed by atoms with van der Waals surface area (Å²) >= 11 is 0. The van der Waals surface area contributed by atoms with Gasteiger partial charge in [-0.1, -0.05) is 66.2 Å². The van der Waals surface area contributed by atoms with Gasteiger partial charge in [0, 0.05) is 11.0 Å². The second-order valence-electron chi connectivity index (χ2n) is 30.7. The molecule has 540 valence electrons. The van der Waals surface area contributed by atoms with Gasteiger partial charge in [-0.15, -0.1) is 0 Å². The Labute approximate surface area is 547 Å². The van der Waals surface area contributed by atoms with Crippen molar-refractivity contribution in [3.63, 3.8) is 0 Å². The Hall–Kier alpha value is -2.13. The van der Waals surface area contributed by atoms with Gasteiger partial charge >= 0.3 is 5.97 Å². The Bertz CT molecular complexity index is 2660. The molecule has 94 heavy (non-hydrogen) atoms. The largest absolute Gasteiger partial charge is 0.453 e. The SMILES string of the molecule is C/C=C(/C)C(=O)O[C@@H]1C(O)[C@H](O[C@H]2CC[C@@]3(C)C(CC[C@]4(C)C3CC=C3C5CC(C)(C)[C@@H](O)[C@H](O)[C@]5(CO[C@@H]5OC(CO[C@@H]6OC(CO)[C@H](O)[C@H](O)C6O)[C@H](O)[C@H](O)C5O[C@@H]5OC(C)[C@H](O)[C@H](O)C5O)CC[C@]34C)C2(C)C)OC(CO[C@@H]2OC(CO)[C@H](O)[C@H](O)C2O)[C@@H]1O. The van der Waals surface area contributed by atoms with Gasteiger partial charge in [-0.2, -0.15) is 0 Å². The van der Waals surface area contributed by atoms with Gasteiger partial charge < -0.3 is 139 Å². The number of ether oxygens (including phenoxy) is 11. The van der Waals surface area contributed by atoms with Crippen LogP contribution in [0.1, 0.15) is 121 Å². The minimum absolute atomic E-state index is 0.0299. The predicted molar refractivity (Wildman–Crippen MR) is 320 cm³/mol. The number of fused-ring (bicyclic) bond motifs is 7. The molecule has 29 nitrogen and oxygen atoms in total. The van der Waals surface area contributed by atoms with E-state index in [1.807, 2.05) is 13.8 Å². The number of hydrogen-bond acceptors (Lipinski definition) is 29. The van der Waals surface area contributed by atoms with Crippen molar-refractivity contribution in [2.24, 2.45) is 50.2 Å². The summed E-state index contributed by atoms with van der Waals surface area (Å²) < 4.78 is 66.6. The maximum absolute atomic E-state index is 13.3. The highest BCUT2D eigenvalue weighted by Gasteiger charge is 2.71. The Kier molecular flexibility index (Phi) is 22.2. The van der Waals surface area contributed by atoms with E-state index in [9.17, 15) is 91.6 Å². The zero-order valence-electron chi connectivity index (χ0n) is 55.2. The fraction of sp³-hybridized carbons (Fsp3) is 0.923. The lowest BCUT2D eigenvalue weighted by molar-refractivity contribution is -0.374. The molecule has 0 spiro atoms. The van der Waals surface area contributed by atoms with Gasteiger partial charge in [0.15, 0.2) is 37.6 Å². The fourth-order valence-corrected chi connectivity index (χ4v) is 18.4. The van der Waals surface area contributed by atoms with Gasteiger partial charge in [0.05, 0.1) is 57.5 Å². The molecule has 5 aliphatic carbocycles. The lowest BCUT2D eigenvalue weighted by Gasteiger charge is -2.72. The van der Waals surface area contributed by atoms with E-state index in [2.05, 4.69) is 40.7 Å². The average molecular weight is 1350 g/mol. The lowest BCUT2D eigenvalue weighted by atomic mass is 9.33. The molecule has 4 saturated carbocycles. The van der Waals surface area contributed by atoms with Crippen LogP contribution in [0.3, 0.4) is 0 Å². The maximum atomic E-state index is 13.3. The molecular weight excluding hydrogens is 1240 g/mol. The zero-order valence-corrected chi connectivity index (χ0v) is 55.2. The molecule has 29 heteroatoms. The van der Waals surface area contributed by atoms with Crippen LogP contribution >= 0.6 is 0 Å². The van der Waals surface area contributed by atoms with Gasteiger partial charge in [-0.3, -0.25) is 0 Å². The zero-order chi connectivity index (χ0) is 69.0. The second-order valence-corrected chi connectivity index (χ2v) is 30.7. The fourth-order valence-electron chi connectivity index (χ4n) is 18.4. The number of esters is 1. The van der Waals surface area contributed by atoms with E-state index >= 15 is 0 Å². The maximum Gasteiger partial charge on any atom is 0.333 e. The summed E-state index contributed by atoms with van der Waals surface area (Å²) in [6.07, 6.45) is -35.6. The molecule has 5 saturated heterocycles. The van der Waals surface area contributed by atoms with E-state index in [1.54, 1.807) is 6.92 Å².